The molecule has 2 aromatic carbocycles. The molecule has 110 valence electrons. The van der Waals surface area contributed by atoms with Crippen molar-refractivity contribution in [3.05, 3.63) is 77.1 Å². The lowest BCUT2D eigenvalue weighted by atomic mass is 10.1. The van der Waals surface area contributed by atoms with Crippen molar-refractivity contribution in [2.75, 3.05) is 6.54 Å². The minimum atomic E-state index is -0.289. The molecule has 1 heterocycles. The second-order valence-electron chi connectivity index (χ2n) is 5.05. The summed E-state index contributed by atoms with van der Waals surface area (Å²) in [5.41, 5.74) is 1.67. The fourth-order valence-corrected chi connectivity index (χ4v) is 2.48. The maximum atomic E-state index is 13.0. The molecule has 0 aromatic heterocycles. The van der Waals surface area contributed by atoms with Crippen LogP contribution in [0.5, 0.6) is 0 Å². The number of carbonyl (C=O) groups is 2. The van der Waals surface area contributed by atoms with E-state index in [9.17, 15) is 14.0 Å². The van der Waals surface area contributed by atoms with Crippen molar-refractivity contribution in [1.82, 2.24) is 4.90 Å². The third kappa shape index (κ3) is 2.68. The lowest BCUT2D eigenvalue weighted by Crippen LogP contribution is -2.30. The Morgan fingerprint density at radius 1 is 0.955 bits per heavy atom. The van der Waals surface area contributed by atoms with E-state index in [1.807, 2.05) is 6.08 Å². The van der Waals surface area contributed by atoms with Crippen LogP contribution >= 0.6 is 0 Å². The fraction of sp³-hybridized carbons (Fsp3) is 0.111. The number of rotatable bonds is 4. The number of nitrogens with zero attached hydrogens (tertiary/aromatic N) is 1. The summed E-state index contributed by atoms with van der Waals surface area (Å²) in [4.78, 5) is 25.5. The molecule has 0 N–H and O–H groups in total. The van der Waals surface area contributed by atoms with Gasteiger partial charge in [0.05, 0.1) is 11.1 Å². The van der Waals surface area contributed by atoms with E-state index in [0.717, 1.165) is 5.56 Å². The van der Waals surface area contributed by atoms with E-state index >= 15 is 0 Å². The van der Waals surface area contributed by atoms with E-state index in [-0.39, 0.29) is 17.6 Å². The van der Waals surface area contributed by atoms with Gasteiger partial charge in [0.15, 0.2) is 0 Å². The molecule has 1 aliphatic rings. The highest BCUT2D eigenvalue weighted by molar-refractivity contribution is 6.21. The zero-order valence-corrected chi connectivity index (χ0v) is 11.8. The molecule has 0 spiro atoms. The van der Waals surface area contributed by atoms with Gasteiger partial charge < -0.3 is 0 Å². The first-order valence-electron chi connectivity index (χ1n) is 7.04. The number of hydrogen-bond donors (Lipinski definition) is 0. The molecular weight excluding hydrogens is 281 g/mol. The van der Waals surface area contributed by atoms with Gasteiger partial charge in [0.2, 0.25) is 0 Å². The summed E-state index contributed by atoms with van der Waals surface area (Å²) in [6, 6.07) is 13.1. The van der Waals surface area contributed by atoms with Crippen LogP contribution in [-0.4, -0.2) is 23.3 Å². The zero-order valence-electron chi connectivity index (χ0n) is 11.8. The Bertz CT molecular complexity index is 732. The first-order valence-corrected chi connectivity index (χ1v) is 7.04. The molecule has 2 amide bonds. The van der Waals surface area contributed by atoms with Gasteiger partial charge in [0, 0.05) is 6.54 Å². The predicted molar refractivity (Wildman–Crippen MR) is 81.9 cm³/mol. The van der Waals surface area contributed by atoms with Crippen LogP contribution in [0.3, 0.4) is 0 Å². The van der Waals surface area contributed by atoms with Gasteiger partial charge in [-0.25, -0.2) is 4.39 Å². The van der Waals surface area contributed by atoms with Crippen molar-refractivity contribution < 1.29 is 14.0 Å². The summed E-state index contributed by atoms with van der Waals surface area (Å²) < 4.78 is 13.0. The molecule has 4 heteroatoms. The topological polar surface area (TPSA) is 37.4 Å². The molecular formula is C18H14FNO2. The highest BCUT2D eigenvalue weighted by Crippen LogP contribution is 2.22. The Morgan fingerprint density at radius 2 is 1.64 bits per heavy atom. The molecule has 1 aliphatic heterocycles. The van der Waals surface area contributed by atoms with Gasteiger partial charge >= 0.3 is 0 Å². The SMILES string of the molecule is O=C1c2ccccc2C(=O)N1CC/C=C/c1cccc(F)c1. The lowest BCUT2D eigenvalue weighted by Gasteiger charge is -2.11. The molecule has 0 bridgehead atoms. The molecule has 0 unspecified atom stereocenters. The van der Waals surface area contributed by atoms with Gasteiger partial charge in [-0.15, -0.1) is 0 Å². The largest absolute Gasteiger partial charge is 0.274 e. The van der Waals surface area contributed by atoms with Crippen molar-refractivity contribution >= 4 is 17.9 Å². The van der Waals surface area contributed by atoms with Gasteiger partial charge in [-0.2, -0.15) is 0 Å². The summed E-state index contributed by atoms with van der Waals surface area (Å²) in [6.45, 7) is 0.318. The molecule has 0 fully saturated rings. The van der Waals surface area contributed by atoms with Crippen LogP contribution in [-0.2, 0) is 0 Å². The number of halogens is 1. The van der Waals surface area contributed by atoms with Crippen LogP contribution in [0.1, 0.15) is 32.7 Å². The smallest absolute Gasteiger partial charge is 0.261 e. The molecule has 22 heavy (non-hydrogen) atoms. The van der Waals surface area contributed by atoms with Crippen LogP contribution in [0.25, 0.3) is 6.08 Å². The van der Waals surface area contributed by atoms with Gasteiger partial charge in [0.1, 0.15) is 5.82 Å². The molecule has 3 rings (SSSR count). The molecule has 0 saturated heterocycles. The van der Waals surface area contributed by atoms with Crippen molar-refractivity contribution in [2.24, 2.45) is 0 Å². The molecule has 3 nitrogen and oxygen atoms in total. The van der Waals surface area contributed by atoms with E-state index in [1.165, 1.54) is 17.0 Å². The minimum Gasteiger partial charge on any atom is -0.274 e. The fourth-order valence-electron chi connectivity index (χ4n) is 2.48. The molecule has 0 radical (unpaired) electrons. The first kappa shape index (κ1) is 14.2. The molecule has 0 aliphatic carbocycles. The van der Waals surface area contributed by atoms with Crippen LogP contribution in [0.2, 0.25) is 0 Å². The van der Waals surface area contributed by atoms with Crippen molar-refractivity contribution in [2.45, 2.75) is 6.42 Å². The van der Waals surface area contributed by atoms with E-state index in [1.54, 1.807) is 42.5 Å². The summed E-state index contributed by atoms with van der Waals surface area (Å²) in [5.74, 6) is -0.790. The lowest BCUT2D eigenvalue weighted by molar-refractivity contribution is 0.0657. The number of fused-ring (bicyclic) bond motifs is 1. The van der Waals surface area contributed by atoms with E-state index in [4.69, 9.17) is 0 Å². The summed E-state index contributed by atoms with van der Waals surface area (Å²) >= 11 is 0. The monoisotopic (exact) mass is 295 g/mol. The summed E-state index contributed by atoms with van der Waals surface area (Å²) in [5, 5.41) is 0. The summed E-state index contributed by atoms with van der Waals surface area (Å²) in [6.07, 6.45) is 4.14. The van der Waals surface area contributed by atoms with Crippen molar-refractivity contribution in [3.63, 3.8) is 0 Å². The minimum absolute atomic E-state index is 0.250. The van der Waals surface area contributed by atoms with Gasteiger partial charge in [-0.05, 0) is 36.2 Å². The quantitative estimate of drug-likeness (QED) is 0.809. The molecule has 0 saturated carbocycles. The molecule has 0 atom stereocenters. The van der Waals surface area contributed by atoms with Crippen LogP contribution in [0.4, 0.5) is 4.39 Å². The third-order valence-electron chi connectivity index (χ3n) is 3.56. The Labute approximate surface area is 127 Å². The van der Waals surface area contributed by atoms with Crippen molar-refractivity contribution in [1.29, 1.82) is 0 Å². The highest BCUT2D eigenvalue weighted by atomic mass is 19.1. The van der Waals surface area contributed by atoms with Crippen LogP contribution in [0, 0.1) is 5.82 Å². The Kier molecular flexibility index (Phi) is 3.83. The number of carbonyl (C=O) groups excluding carboxylic acids is 2. The normalized spacial score (nSPS) is 14.0. The number of benzene rings is 2. The maximum absolute atomic E-state index is 13.0. The van der Waals surface area contributed by atoms with Crippen molar-refractivity contribution in [3.8, 4) is 0 Å². The Morgan fingerprint density at radius 3 is 2.27 bits per heavy atom. The molecule has 2 aromatic rings. The highest BCUT2D eigenvalue weighted by Gasteiger charge is 2.34. The van der Waals surface area contributed by atoms with E-state index < -0.39 is 0 Å². The second-order valence-corrected chi connectivity index (χ2v) is 5.05. The average molecular weight is 295 g/mol. The number of hydrogen-bond acceptors (Lipinski definition) is 2. The van der Waals surface area contributed by atoms with Gasteiger partial charge in [0.25, 0.3) is 11.8 Å². The first-order chi connectivity index (χ1) is 10.7. The van der Waals surface area contributed by atoms with Crippen LogP contribution < -0.4 is 0 Å². The summed E-state index contributed by atoms with van der Waals surface area (Å²) in [7, 11) is 0. The van der Waals surface area contributed by atoms with E-state index in [0.29, 0.717) is 24.1 Å². The number of amides is 2. The Balaban J connectivity index is 1.64. The average Bonchev–Trinajstić information content (AvgIpc) is 2.77. The van der Waals surface area contributed by atoms with Gasteiger partial charge in [-0.3, -0.25) is 14.5 Å². The predicted octanol–water partition coefficient (Wildman–Crippen LogP) is 3.53. The Hall–Kier alpha value is -2.75. The van der Waals surface area contributed by atoms with Gasteiger partial charge in [-0.1, -0.05) is 36.4 Å². The second kappa shape index (κ2) is 5.93. The standard InChI is InChI=1S/C18H14FNO2/c19-14-8-5-7-13(12-14)6-3-4-11-20-17(21)15-9-1-2-10-16(15)18(20)22/h1-3,5-10,12H,4,11H2/b6-3+. The third-order valence-corrected chi connectivity index (χ3v) is 3.56. The number of imide groups is 1. The van der Waals surface area contributed by atoms with E-state index in [2.05, 4.69) is 0 Å². The van der Waals surface area contributed by atoms with Crippen LogP contribution in [0.15, 0.2) is 54.6 Å². The maximum Gasteiger partial charge on any atom is 0.261 e. The zero-order chi connectivity index (χ0) is 15.5.